The second-order valence-electron chi connectivity index (χ2n) is 3.88. The van der Waals surface area contributed by atoms with E-state index in [2.05, 4.69) is 10.3 Å². The molecule has 1 N–H and O–H groups in total. The van der Waals surface area contributed by atoms with Crippen molar-refractivity contribution in [2.75, 3.05) is 11.9 Å². The molecule has 0 unspecified atom stereocenters. The third-order valence-electron chi connectivity index (χ3n) is 2.50. The van der Waals surface area contributed by atoms with Gasteiger partial charge >= 0.3 is 0 Å². The number of nitrogens with one attached hydrogen (secondary N) is 1. The van der Waals surface area contributed by atoms with Crippen LogP contribution in [0.15, 0.2) is 48.7 Å². The lowest BCUT2D eigenvalue weighted by Crippen LogP contribution is -2.04. The molecule has 0 aliphatic heterocycles. The van der Waals surface area contributed by atoms with Gasteiger partial charge in [-0.15, -0.1) is 0 Å². The summed E-state index contributed by atoms with van der Waals surface area (Å²) < 4.78 is 12.9. The highest BCUT2D eigenvalue weighted by Crippen LogP contribution is 2.06. The van der Waals surface area contributed by atoms with Crippen molar-refractivity contribution in [2.45, 2.75) is 12.8 Å². The average molecular weight is 230 g/mol. The van der Waals surface area contributed by atoms with Crippen molar-refractivity contribution in [1.29, 1.82) is 0 Å². The number of nitrogens with zero attached hydrogens (tertiary/aromatic N) is 1. The van der Waals surface area contributed by atoms with E-state index in [4.69, 9.17) is 0 Å². The standard InChI is InChI=1S/C14H15FN2/c15-13-7-3-5-12(11-13)6-4-10-17-14-8-1-2-9-16-14/h1-3,5,7-9,11H,4,6,10H2,(H,16,17). The highest BCUT2D eigenvalue weighted by Gasteiger charge is 1.96. The normalized spacial score (nSPS) is 10.2. The molecule has 0 aliphatic carbocycles. The fourth-order valence-corrected chi connectivity index (χ4v) is 1.67. The fraction of sp³-hybridized carbons (Fsp3) is 0.214. The first kappa shape index (κ1) is 11.6. The lowest BCUT2D eigenvalue weighted by Gasteiger charge is -2.05. The van der Waals surface area contributed by atoms with Crippen LogP contribution in [0.5, 0.6) is 0 Å². The Labute approximate surface area is 101 Å². The van der Waals surface area contributed by atoms with Crippen LogP contribution < -0.4 is 5.32 Å². The lowest BCUT2D eigenvalue weighted by atomic mass is 10.1. The molecule has 0 spiro atoms. The van der Waals surface area contributed by atoms with Gasteiger partial charge in [0.15, 0.2) is 0 Å². The Hall–Kier alpha value is -1.90. The molecule has 3 heteroatoms. The number of aromatic nitrogens is 1. The first-order chi connectivity index (χ1) is 8.34. The summed E-state index contributed by atoms with van der Waals surface area (Å²) in [7, 11) is 0. The molecule has 1 heterocycles. The Balaban J connectivity index is 1.73. The van der Waals surface area contributed by atoms with Gasteiger partial charge < -0.3 is 5.32 Å². The highest BCUT2D eigenvalue weighted by atomic mass is 19.1. The Bertz CT molecular complexity index is 457. The Morgan fingerprint density at radius 3 is 2.82 bits per heavy atom. The zero-order valence-corrected chi connectivity index (χ0v) is 9.57. The maximum atomic E-state index is 12.9. The summed E-state index contributed by atoms with van der Waals surface area (Å²) in [6, 6.07) is 12.5. The maximum Gasteiger partial charge on any atom is 0.125 e. The molecule has 0 amide bonds. The van der Waals surface area contributed by atoms with E-state index in [0.717, 1.165) is 30.8 Å². The monoisotopic (exact) mass is 230 g/mol. The lowest BCUT2D eigenvalue weighted by molar-refractivity contribution is 0.624. The number of hydrogen-bond donors (Lipinski definition) is 1. The van der Waals surface area contributed by atoms with Gasteiger partial charge in [-0.05, 0) is 42.7 Å². The van der Waals surface area contributed by atoms with Gasteiger partial charge in [0.25, 0.3) is 0 Å². The molecule has 1 aromatic heterocycles. The molecule has 2 rings (SSSR count). The van der Waals surface area contributed by atoms with Gasteiger partial charge in [-0.25, -0.2) is 9.37 Å². The molecular formula is C14H15FN2. The van der Waals surface area contributed by atoms with E-state index < -0.39 is 0 Å². The summed E-state index contributed by atoms with van der Waals surface area (Å²) in [4.78, 5) is 4.17. The van der Waals surface area contributed by atoms with Gasteiger partial charge in [-0.3, -0.25) is 0 Å². The molecule has 0 radical (unpaired) electrons. The molecule has 0 atom stereocenters. The Morgan fingerprint density at radius 2 is 2.06 bits per heavy atom. The van der Waals surface area contributed by atoms with Crippen LogP contribution in [0.2, 0.25) is 0 Å². The summed E-state index contributed by atoms with van der Waals surface area (Å²) in [5, 5.41) is 3.22. The van der Waals surface area contributed by atoms with E-state index in [9.17, 15) is 4.39 Å². The molecule has 88 valence electrons. The van der Waals surface area contributed by atoms with Crippen LogP contribution in [-0.4, -0.2) is 11.5 Å². The molecular weight excluding hydrogens is 215 g/mol. The minimum absolute atomic E-state index is 0.166. The Morgan fingerprint density at radius 1 is 1.12 bits per heavy atom. The predicted octanol–water partition coefficient (Wildman–Crippen LogP) is 3.27. The number of halogens is 1. The quantitative estimate of drug-likeness (QED) is 0.797. The summed E-state index contributed by atoms with van der Waals surface area (Å²) >= 11 is 0. The third-order valence-corrected chi connectivity index (χ3v) is 2.50. The van der Waals surface area contributed by atoms with E-state index >= 15 is 0 Å². The number of aryl methyl sites for hydroxylation is 1. The molecule has 0 aliphatic rings. The van der Waals surface area contributed by atoms with Gasteiger partial charge in [0.05, 0.1) is 0 Å². The molecule has 2 aromatic rings. The van der Waals surface area contributed by atoms with E-state index in [0.29, 0.717) is 0 Å². The number of hydrogen-bond acceptors (Lipinski definition) is 2. The van der Waals surface area contributed by atoms with E-state index in [1.165, 1.54) is 6.07 Å². The van der Waals surface area contributed by atoms with Gasteiger partial charge in [0, 0.05) is 12.7 Å². The maximum absolute atomic E-state index is 12.9. The van der Waals surface area contributed by atoms with Crippen LogP contribution in [0.3, 0.4) is 0 Å². The van der Waals surface area contributed by atoms with Crippen LogP contribution in [0.25, 0.3) is 0 Å². The zero-order valence-electron chi connectivity index (χ0n) is 9.57. The molecule has 0 fully saturated rings. The molecule has 2 nitrogen and oxygen atoms in total. The second-order valence-corrected chi connectivity index (χ2v) is 3.88. The smallest absolute Gasteiger partial charge is 0.125 e. The van der Waals surface area contributed by atoms with Crippen LogP contribution in [0.1, 0.15) is 12.0 Å². The number of benzene rings is 1. The Kier molecular flexibility index (Phi) is 4.08. The number of pyridine rings is 1. The fourth-order valence-electron chi connectivity index (χ4n) is 1.67. The first-order valence-corrected chi connectivity index (χ1v) is 5.74. The minimum Gasteiger partial charge on any atom is -0.370 e. The van der Waals surface area contributed by atoms with Gasteiger partial charge in [-0.2, -0.15) is 0 Å². The van der Waals surface area contributed by atoms with Crippen LogP contribution in [0.4, 0.5) is 10.2 Å². The first-order valence-electron chi connectivity index (χ1n) is 5.74. The number of anilines is 1. The highest BCUT2D eigenvalue weighted by molar-refractivity contribution is 5.32. The minimum atomic E-state index is -0.166. The number of rotatable bonds is 5. The van der Waals surface area contributed by atoms with Gasteiger partial charge in [0.1, 0.15) is 11.6 Å². The van der Waals surface area contributed by atoms with Crippen LogP contribution >= 0.6 is 0 Å². The van der Waals surface area contributed by atoms with Gasteiger partial charge in [0.2, 0.25) is 0 Å². The molecule has 0 saturated heterocycles. The summed E-state index contributed by atoms with van der Waals surface area (Å²) in [5.41, 5.74) is 1.04. The average Bonchev–Trinajstić information content (AvgIpc) is 2.36. The SMILES string of the molecule is Fc1cccc(CCCNc2ccccn2)c1. The van der Waals surface area contributed by atoms with Crippen molar-refractivity contribution in [1.82, 2.24) is 4.98 Å². The van der Waals surface area contributed by atoms with Crippen LogP contribution in [-0.2, 0) is 6.42 Å². The zero-order chi connectivity index (χ0) is 11.9. The van der Waals surface area contributed by atoms with E-state index in [1.54, 1.807) is 18.3 Å². The largest absolute Gasteiger partial charge is 0.370 e. The van der Waals surface area contributed by atoms with Crippen molar-refractivity contribution in [3.63, 3.8) is 0 Å². The van der Waals surface area contributed by atoms with Crippen molar-refractivity contribution in [3.05, 3.63) is 60.0 Å². The van der Waals surface area contributed by atoms with Crippen molar-refractivity contribution < 1.29 is 4.39 Å². The van der Waals surface area contributed by atoms with Crippen molar-refractivity contribution in [3.8, 4) is 0 Å². The topological polar surface area (TPSA) is 24.9 Å². The van der Waals surface area contributed by atoms with Crippen LogP contribution in [0, 0.1) is 5.82 Å². The van der Waals surface area contributed by atoms with Crippen molar-refractivity contribution >= 4 is 5.82 Å². The van der Waals surface area contributed by atoms with Crippen molar-refractivity contribution in [2.24, 2.45) is 0 Å². The molecule has 0 saturated carbocycles. The molecule has 1 aromatic carbocycles. The molecule has 0 bridgehead atoms. The second kappa shape index (κ2) is 5.99. The van der Waals surface area contributed by atoms with E-state index in [-0.39, 0.29) is 5.82 Å². The third kappa shape index (κ3) is 3.87. The predicted molar refractivity (Wildman–Crippen MR) is 67.4 cm³/mol. The summed E-state index contributed by atoms with van der Waals surface area (Å²) in [5.74, 6) is 0.715. The molecule has 17 heavy (non-hydrogen) atoms. The van der Waals surface area contributed by atoms with Gasteiger partial charge in [-0.1, -0.05) is 18.2 Å². The summed E-state index contributed by atoms with van der Waals surface area (Å²) in [6.45, 7) is 0.841. The summed E-state index contributed by atoms with van der Waals surface area (Å²) in [6.07, 6.45) is 3.59. The van der Waals surface area contributed by atoms with E-state index in [1.807, 2.05) is 24.3 Å².